The summed E-state index contributed by atoms with van der Waals surface area (Å²) >= 11 is 0. The van der Waals surface area contributed by atoms with Gasteiger partial charge in [-0.25, -0.2) is 9.52 Å². The highest BCUT2D eigenvalue weighted by Crippen LogP contribution is 2.08. The standard InChI is InChI=1S/C8H17N3O4S/c1-6-7(4-3-5-9-6)10-16(13,14)11-8(12)15-2/h6-7,9-10H,3-5H2,1-2H3,(H,11,12). The topological polar surface area (TPSA) is 96.5 Å². The minimum absolute atomic E-state index is 0.0444. The number of hydrogen-bond acceptors (Lipinski definition) is 5. The Morgan fingerprint density at radius 1 is 1.50 bits per heavy atom. The summed E-state index contributed by atoms with van der Waals surface area (Å²) in [6.45, 7) is 2.77. The molecule has 1 heterocycles. The Balaban J connectivity index is 2.54. The zero-order valence-electron chi connectivity index (χ0n) is 9.32. The molecule has 1 aliphatic rings. The lowest BCUT2D eigenvalue weighted by Crippen LogP contribution is -2.54. The molecule has 2 atom stereocenters. The van der Waals surface area contributed by atoms with E-state index < -0.39 is 16.3 Å². The Morgan fingerprint density at radius 2 is 2.19 bits per heavy atom. The maximum absolute atomic E-state index is 11.5. The molecule has 1 amide bonds. The van der Waals surface area contributed by atoms with Crippen LogP contribution in [0.15, 0.2) is 0 Å². The molecule has 94 valence electrons. The van der Waals surface area contributed by atoms with Crippen LogP contribution in [0.2, 0.25) is 0 Å². The van der Waals surface area contributed by atoms with Crippen molar-refractivity contribution in [2.45, 2.75) is 31.8 Å². The van der Waals surface area contributed by atoms with E-state index in [4.69, 9.17) is 0 Å². The number of nitrogens with one attached hydrogen (secondary N) is 3. The Kier molecular flexibility index (Phi) is 4.51. The summed E-state index contributed by atoms with van der Waals surface area (Å²) in [6, 6.07) is -0.168. The first kappa shape index (κ1) is 13.2. The van der Waals surface area contributed by atoms with Gasteiger partial charge in [0.1, 0.15) is 0 Å². The molecule has 7 nitrogen and oxygen atoms in total. The molecule has 0 aromatic heterocycles. The van der Waals surface area contributed by atoms with Gasteiger partial charge in [0.05, 0.1) is 7.11 Å². The molecule has 1 fully saturated rings. The van der Waals surface area contributed by atoms with Crippen LogP contribution in [-0.2, 0) is 14.9 Å². The minimum atomic E-state index is -3.84. The molecule has 0 aromatic carbocycles. The second-order valence-corrected chi connectivity index (χ2v) is 5.15. The minimum Gasteiger partial charge on any atom is -0.452 e. The summed E-state index contributed by atoms with van der Waals surface area (Å²) in [4.78, 5) is 10.8. The molecule has 1 aliphatic heterocycles. The molecule has 1 rings (SSSR count). The van der Waals surface area contributed by atoms with Crippen LogP contribution in [0.4, 0.5) is 4.79 Å². The zero-order chi connectivity index (χ0) is 12.2. The SMILES string of the molecule is COC(=O)NS(=O)(=O)NC1CCCNC1C. The van der Waals surface area contributed by atoms with E-state index in [2.05, 4.69) is 14.8 Å². The lowest BCUT2D eigenvalue weighted by atomic mass is 10.0. The van der Waals surface area contributed by atoms with Crippen molar-refractivity contribution in [1.82, 2.24) is 14.8 Å². The van der Waals surface area contributed by atoms with E-state index in [1.54, 1.807) is 4.72 Å². The highest BCUT2D eigenvalue weighted by molar-refractivity contribution is 7.88. The zero-order valence-corrected chi connectivity index (χ0v) is 10.1. The van der Waals surface area contributed by atoms with Gasteiger partial charge in [-0.1, -0.05) is 0 Å². The van der Waals surface area contributed by atoms with Crippen LogP contribution in [0, 0.1) is 0 Å². The Bertz CT molecular complexity index is 343. The van der Waals surface area contributed by atoms with Crippen LogP contribution in [0.5, 0.6) is 0 Å². The van der Waals surface area contributed by atoms with Gasteiger partial charge in [-0.2, -0.15) is 13.1 Å². The summed E-state index contributed by atoms with van der Waals surface area (Å²) in [7, 11) is -2.73. The number of carbonyl (C=O) groups excluding carboxylic acids is 1. The number of carbonyl (C=O) groups is 1. The van der Waals surface area contributed by atoms with E-state index in [-0.39, 0.29) is 12.1 Å². The predicted molar refractivity (Wildman–Crippen MR) is 58.1 cm³/mol. The third-order valence-corrected chi connectivity index (χ3v) is 3.52. The lowest BCUT2D eigenvalue weighted by molar-refractivity contribution is 0.177. The van der Waals surface area contributed by atoms with Crippen LogP contribution in [-0.4, -0.2) is 40.2 Å². The van der Waals surface area contributed by atoms with Crippen LogP contribution in [0.25, 0.3) is 0 Å². The van der Waals surface area contributed by atoms with Crippen molar-refractivity contribution in [3.05, 3.63) is 0 Å². The molecule has 2 unspecified atom stereocenters. The maximum Gasteiger partial charge on any atom is 0.421 e. The van der Waals surface area contributed by atoms with Gasteiger partial charge < -0.3 is 10.1 Å². The molecule has 0 bridgehead atoms. The van der Waals surface area contributed by atoms with Crippen molar-refractivity contribution in [1.29, 1.82) is 0 Å². The number of rotatable bonds is 3. The van der Waals surface area contributed by atoms with E-state index in [9.17, 15) is 13.2 Å². The average molecular weight is 251 g/mol. The van der Waals surface area contributed by atoms with E-state index >= 15 is 0 Å². The highest BCUT2D eigenvalue weighted by Gasteiger charge is 2.26. The van der Waals surface area contributed by atoms with Crippen LogP contribution in [0.3, 0.4) is 0 Å². The van der Waals surface area contributed by atoms with Gasteiger partial charge in [0, 0.05) is 12.1 Å². The summed E-state index contributed by atoms with van der Waals surface area (Å²) in [6.07, 6.45) is 0.648. The number of amides is 1. The Hall–Kier alpha value is -0.860. The van der Waals surface area contributed by atoms with Crippen molar-refractivity contribution >= 4 is 16.3 Å². The normalized spacial score (nSPS) is 26.1. The summed E-state index contributed by atoms with van der Waals surface area (Å²) in [5.41, 5.74) is 0. The summed E-state index contributed by atoms with van der Waals surface area (Å²) in [5, 5.41) is 3.15. The summed E-state index contributed by atoms with van der Waals surface area (Å²) < 4.78 is 31.3. The first-order valence-electron chi connectivity index (χ1n) is 5.06. The van der Waals surface area contributed by atoms with Gasteiger partial charge in [-0.05, 0) is 26.3 Å². The third-order valence-electron chi connectivity index (χ3n) is 2.47. The third kappa shape index (κ3) is 3.95. The molecule has 8 heteroatoms. The van der Waals surface area contributed by atoms with Gasteiger partial charge in [0.25, 0.3) is 0 Å². The quantitative estimate of drug-likeness (QED) is 0.617. The molecule has 3 N–H and O–H groups in total. The van der Waals surface area contributed by atoms with Crippen molar-refractivity contribution in [3.8, 4) is 0 Å². The van der Waals surface area contributed by atoms with Gasteiger partial charge in [0.2, 0.25) is 0 Å². The number of piperidine rings is 1. The van der Waals surface area contributed by atoms with Crippen molar-refractivity contribution < 1.29 is 17.9 Å². The fourth-order valence-corrected chi connectivity index (χ4v) is 2.67. The van der Waals surface area contributed by atoms with Crippen LogP contribution < -0.4 is 14.8 Å². The molecule has 16 heavy (non-hydrogen) atoms. The second-order valence-electron chi connectivity index (χ2n) is 3.71. The predicted octanol–water partition coefficient (Wildman–Crippen LogP) is -0.683. The first-order valence-corrected chi connectivity index (χ1v) is 6.54. The Labute approximate surface area is 95.1 Å². The van der Waals surface area contributed by atoms with E-state index in [0.29, 0.717) is 0 Å². The average Bonchev–Trinajstić information content (AvgIpc) is 2.20. The molecule has 0 aliphatic carbocycles. The fraction of sp³-hybridized carbons (Fsp3) is 0.875. The maximum atomic E-state index is 11.5. The van der Waals surface area contributed by atoms with Crippen molar-refractivity contribution in [3.63, 3.8) is 0 Å². The second kappa shape index (κ2) is 5.46. The van der Waals surface area contributed by atoms with Gasteiger partial charge in [-0.15, -0.1) is 0 Å². The van der Waals surface area contributed by atoms with Gasteiger partial charge >= 0.3 is 16.3 Å². The molecular formula is C8H17N3O4S. The fourth-order valence-electron chi connectivity index (χ4n) is 1.59. The molecule has 0 saturated carbocycles. The molecule has 0 radical (unpaired) electrons. The highest BCUT2D eigenvalue weighted by atomic mass is 32.2. The number of hydrogen-bond donors (Lipinski definition) is 3. The molecule has 0 spiro atoms. The lowest BCUT2D eigenvalue weighted by Gasteiger charge is -2.30. The van der Waals surface area contributed by atoms with Gasteiger partial charge in [0.15, 0.2) is 0 Å². The molecular weight excluding hydrogens is 234 g/mol. The van der Waals surface area contributed by atoms with E-state index in [1.165, 1.54) is 0 Å². The van der Waals surface area contributed by atoms with E-state index in [1.807, 2.05) is 6.92 Å². The number of methoxy groups -OCH3 is 1. The summed E-state index contributed by atoms with van der Waals surface area (Å²) in [5.74, 6) is 0. The smallest absolute Gasteiger partial charge is 0.421 e. The largest absolute Gasteiger partial charge is 0.452 e. The van der Waals surface area contributed by atoms with Crippen LogP contribution >= 0.6 is 0 Å². The van der Waals surface area contributed by atoms with E-state index in [0.717, 1.165) is 26.5 Å². The van der Waals surface area contributed by atoms with Crippen molar-refractivity contribution in [2.24, 2.45) is 0 Å². The molecule has 1 saturated heterocycles. The first-order chi connectivity index (χ1) is 7.44. The van der Waals surface area contributed by atoms with Crippen molar-refractivity contribution in [2.75, 3.05) is 13.7 Å². The van der Waals surface area contributed by atoms with Gasteiger partial charge in [-0.3, -0.25) is 0 Å². The Morgan fingerprint density at radius 3 is 2.75 bits per heavy atom. The monoisotopic (exact) mass is 251 g/mol. The number of ether oxygens (including phenoxy) is 1. The van der Waals surface area contributed by atoms with Crippen LogP contribution in [0.1, 0.15) is 19.8 Å². The molecule has 0 aromatic rings.